The van der Waals surface area contributed by atoms with Crippen LogP contribution in [0.25, 0.3) is 0 Å². The van der Waals surface area contributed by atoms with E-state index in [1.165, 1.54) is 30.8 Å². The number of alkyl halides is 1. The van der Waals surface area contributed by atoms with Gasteiger partial charge in [-0.15, -0.1) is 11.6 Å². The molecular formula is C9H15ClOS. The van der Waals surface area contributed by atoms with Gasteiger partial charge in [-0.25, -0.2) is 0 Å². The fraction of sp³-hybridized carbons (Fsp3) is 1.00. The summed E-state index contributed by atoms with van der Waals surface area (Å²) < 4.78 is 5.83. The van der Waals surface area contributed by atoms with E-state index in [1.807, 2.05) is 11.8 Å². The summed E-state index contributed by atoms with van der Waals surface area (Å²) in [4.78, 5) is 0. The molecule has 0 radical (unpaired) electrons. The zero-order chi connectivity index (χ0) is 8.44. The summed E-state index contributed by atoms with van der Waals surface area (Å²) in [6, 6.07) is 0. The Kier molecular flexibility index (Phi) is 2.88. The lowest BCUT2D eigenvalue weighted by molar-refractivity contribution is -0.0172. The van der Waals surface area contributed by atoms with Gasteiger partial charge in [0, 0.05) is 6.61 Å². The van der Waals surface area contributed by atoms with E-state index in [9.17, 15) is 0 Å². The molecule has 2 aliphatic heterocycles. The van der Waals surface area contributed by atoms with Crippen molar-refractivity contribution in [3.05, 3.63) is 0 Å². The Bertz CT molecular complexity index is 151. The Morgan fingerprint density at radius 2 is 2.50 bits per heavy atom. The summed E-state index contributed by atoms with van der Waals surface area (Å²) in [7, 11) is 0. The van der Waals surface area contributed by atoms with E-state index in [4.69, 9.17) is 16.3 Å². The van der Waals surface area contributed by atoms with Gasteiger partial charge in [0.25, 0.3) is 0 Å². The van der Waals surface area contributed by atoms with Crippen LogP contribution < -0.4 is 0 Å². The van der Waals surface area contributed by atoms with Crippen molar-refractivity contribution in [1.29, 1.82) is 0 Å². The summed E-state index contributed by atoms with van der Waals surface area (Å²) in [5.74, 6) is 3.97. The lowest BCUT2D eigenvalue weighted by atomic mass is 9.86. The molecule has 0 saturated carbocycles. The van der Waals surface area contributed by atoms with Crippen molar-refractivity contribution >= 4 is 23.4 Å². The quantitative estimate of drug-likeness (QED) is 0.643. The summed E-state index contributed by atoms with van der Waals surface area (Å²) in [5, 5.41) is 0. The van der Waals surface area contributed by atoms with Crippen LogP contribution in [0.3, 0.4) is 0 Å². The van der Waals surface area contributed by atoms with Crippen LogP contribution in [0.5, 0.6) is 0 Å². The molecule has 2 fully saturated rings. The van der Waals surface area contributed by atoms with Gasteiger partial charge in [0.1, 0.15) is 0 Å². The number of halogens is 1. The van der Waals surface area contributed by atoms with E-state index in [-0.39, 0.29) is 5.60 Å². The topological polar surface area (TPSA) is 9.23 Å². The van der Waals surface area contributed by atoms with Gasteiger partial charge in [0.2, 0.25) is 0 Å². The molecule has 2 heterocycles. The van der Waals surface area contributed by atoms with Crippen LogP contribution >= 0.6 is 23.4 Å². The van der Waals surface area contributed by atoms with E-state index in [2.05, 4.69) is 0 Å². The predicted octanol–water partition coefficient (Wildman–Crippen LogP) is 2.53. The van der Waals surface area contributed by atoms with Crippen LogP contribution in [-0.2, 0) is 4.74 Å². The van der Waals surface area contributed by atoms with Crippen molar-refractivity contribution in [2.24, 2.45) is 5.92 Å². The van der Waals surface area contributed by atoms with Crippen molar-refractivity contribution < 1.29 is 4.74 Å². The Hall–Kier alpha value is 0.600. The Balaban J connectivity index is 2.04. The zero-order valence-corrected chi connectivity index (χ0v) is 8.79. The highest BCUT2D eigenvalue weighted by atomic mass is 35.5. The van der Waals surface area contributed by atoms with Crippen LogP contribution in [0.4, 0.5) is 0 Å². The fourth-order valence-electron chi connectivity index (χ4n) is 2.20. The number of thioether (sulfide) groups is 1. The third-order valence-electron chi connectivity index (χ3n) is 3.03. The first-order chi connectivity index (χ1) is 5.87. The Morgan fingerprint density at radius 1 is 1.58 bits per heavy atom. The summed E-state index contributed by atoms with van der Waals surface area (Å²) in [6.45, 7) is 0.924. The average molecular weight is 207 g/mol. The molecular weight excluding hydrogens is 192 g/mol. The van der Waals surface area contributed by atoms with Crippen molar-refractivity contribution in [1.82, 2.24) is 0 Å². The van der Waals surface area contributed by atoms with Gasteiger partial charge in [-0.1, -0.05) is 0 Å². The van der Waals surface area contributed by atoms with Crippen LogP contribution in [0, 0.1) is 5.92 Å². The number of hydrogen-bond donors (Lipinski definition) is 0. The van der Waals surface area contributed by atoms with Gasteiger partial charge < -0.3 is 4.74 Å². The molecule has 0 amide bonds. The van der Waals surface area contributed by atoms with Gasteiger partial charge >= 0.3 is 0 Å². The number of rotatable bonds is 2. The lowest BCUT2D eigenvalue weighted by Gasteiger charge is -2.31. The first kappa shape index (κ1) is 9.17. The first-order valence-electron chi connectivity index (χ1n) is 4.65. The first-order valence-corrected chi connectivity index (χ1v) is 6.34. The van der Waals surface area contributed by atoms with Gasteiger partial charge in [-0.05, 0) is 36.7 Å². The van der Waals surface area contributed by atoms with E-state index >= 15 is 0 Å². The molecule has 0 bridgehead atoms. The third-order valence-corrected chi connectivity index (χ3v) is 4.65. The van der Waals surface area contributed by atoms with E-state index in [1.54, 1.807) is 0 Å². The minimum atomic E-state index is 0.0606. The smallest absolute Gasteiger partial charge is 0.0854 e. The Labute approximate surface area is 83.2 Å². The van der Waals surface area contributed by atoms with E-state index in [0.29, 0.717) is 5.88 Å². The minimum absolute atomic E-state index is 0.0606. The molecule has 1 nitrogen and oxygen atoms in total. The maximum atomic E-state index is 6.01. The molecule has 0 aromatic rings. The van der Waals surface area contributed by atoms with Crippen LogP contribution in [0.15, 0.2) is 0 Å². The number of ether oxygens (including phenoxy) is 1. The molecule has 2 unspecified atom stereocenters. The van der Waals surface area contributed by atoms with E-state index < -0.39 is 0 Å². The molecule has 3 heteroatoms. The highest BCUT2D eigenvalue weighted by molar-refractivity contribution is 7.99. The molecule has 0 aliphatic carbocycles. The number of hydrogen-bond acceptors (Lipinski definition) is 2. The standard InChI is InChI=1S/C9H15ClOS/c10-7-9(3-1-4-11-9)8-2-5-12-6-8/h8H,1-7H2. The van der Waals surface area contributed by atoms with Gasteiger partial charge in [0.05, 0.1) is 11.5 Å². The highest BCUT2D eigenvalue weighted by Gasteiger charge is 2.43. The second kappa shape index (κ2) is 3.77. The van der Waals surface area contributed by atoms with Crippen molar-refractivity contribution in [3.8, 4) is 0 Å². The van der Waals surface area contributed by atoms with Crippen LogP contribution in [0.1, 0.15) is 19.3 Å². The molecule has 12 heavy (non-hydrogen) atoms. The monoisotopic (exact) mass is 206 g/mol. The van der Waals surface area contributed by atoms with Crippen molar-refractivity contribution in [3.63, 3.8) is 0 Å². The van der Waals surface area contributed by atoms with Crippen molar-refractivity contribution in [2.45, 2.75) is 24.9 Å². The maximum Gasteiger partial charge on any atom is 0.0854 e. The molecule has 2 rings (SSSR count). The van der Waals surface area contributed by atoms with Gasteiger partial charge in [0.15, 0.2) is 0 Å². The lowest BCUT2D eigenvalue weighted by Crippen LogP contribution is -2.39. The highest BCUT2D eigenvalue weighted by Crippen LogP contribution is 2.41. The summed E-state index contributed by atoms with van der Waals surface area (Å²) in [6.07, 6.45) is 3.69. The Morgan fingerprint density at radius 3 is 3.00 bits per heavy atom. The SMILES string of the molecule is ClCC1(C2CCSC2)CCCO1. The minimum Gasteiger partial charge on any atom is -0.373 e. The van der Waals surface area contributed by atoms with Gasteiger partial charge in [-0.3, -0.25) is 0 Å². The molecule has 2 aliphatic rings. The summed E-state index contributed by atoms with van der Waals surface area (Å²) in [5.41, 5.74) is 0.0606. The molecule has 2 saturated heterocycles. The molecule has 0 spiro atoms. The largest absolute Gasteiger partial charge is 0.373 e. The van der Waals surface area contributed by atoms with Crippen molar-refractivity contribution in [2.75, 3.05) is 24.0 Å². The molecule has 70 valence electrons. The third kappa shape index (κ3) is 1.49. The second-order valence-electron chi connectivity index (χ2n) is 3.71. The van der Waals surface area contributed by atoms with E-state index in [0.717, 1.165) is 12.5 Å². The normalized spacial score (nSPS) is 42.2. The molecule has 0 N–H and O–H groups in total. The van der Waals surface area contributed by atoms with Crippen LogP contribution in [-0.4, -0.2) is 29.6 Å². The van der Waals surface area contributed by atoms with Crippen LogP contribution in [0.2, 0.25) is 0 Å². The average Bonchev–Trinajstić information content (AvgIpc) is 2.76. The van der Waals surface area contributed by atoms with Gasteiger partial charge in [-0.2, -0.15) is 11.8 Å². The molecule has 0 aromatic carbocycles. The summed E-state index contributed by atoms with van der Waals surface area (Å²) >= 11 is 8.05. The fourth-order valence-corrected chi connectivity index (χ4v) is 4.01. The maximum absolute atomic E-state index is 6.01. The molecule has 0 aromatic heterocycles. The zero-order valence-electron chi connectivity index (χ0n) is 7.22. The second-order valence-corrected chi connectivity index (χ2v) is 5.13. The molecule has 2 atom stereocenters. The predicted molar refractivity (Wildman–Crippen MR) is 54.1 cm³/mol.